The molecule has 2 amide bonds. The average Bonchev–Trinajstić information content (AvgIpc) is 3.21. The molecule has 2 heterocycles. The molecule has 1 saturated heterocycles. The molecule has 7 heteroatoms. The second-order valence-corrected chi connectivity index (χ2v) is 8.13. The highest BCUT2D eigenvalue weighted by molar-refractivity contribution is 5.95. The van der Waals surface area contributed by atoms with Gasteiger partial charge in [0.1, 0.15) is 19.0 Å². The average molecular weight is 424 g/mol. The number of nitrogens with one attached hydrogen (secondary N) is 1. The van der Waals surface area contributed by atoms with Crippen LogP contribution in [0.5, 0.6) is 17.2 Å². The fraction of sp³-hybridized carbons (Fsp3) is 0.417. The van der Waals surface area contributed by atoms with E-state index >= 15 is 0 Å². The predicted molar refractivity (Wildman–Crippen MR) is 117 cm³/mol. The minimum absolute atomic E-state index is 0.106. The summed E-state index contributed by atoms with van der Waals surface area (Å²) in [7, 11) is 0. The summed E-state index contributed by atoms with van der Waals surface area (Å²) in [5, 5.41) is 3.06. The van der Waals surface area contributed by atoms with E-state index in [0.29, 0.717) is 37.7 Å². The number of fused-ring (bicyclic) bond motifs is 1. The van der Waals surface area contributed by atoms with Gasteiger partial charge in [0.2, 0.25) is 5.91 Å². The van der Waals surface area contributed by atoms with Crippen LogP contribution in [0.1, 0.15) is 38.3 Å². The topological polar surface area (TPSA) is 77.1 Å². The number of benzene rings is 2. The molecule has 7 nitrogen and oxygen atoms in total. The van der Waals surface area contributed by atoms with Crippen molar-refractivity contribution in [1.82, 2.24) is 5.32 Å². The van der Waals surface area contributed by atoms with E-state index in [4.69, 9.17) is 14.2 Å². The zero-order chi connectivity index (χ0) is 21.8. The van der Waals surface area contributed by atoms with Gasteiger partial charge in [-0.15, -0.1) is 0 Å². The zero-order valence-corrected chi connectivity index (χ0v) is 17.9. The van der Waals surface area contributed by atoms with Crippen LogP contribution in [-0.2, 0) is 9.59 Å². The fourth-order valence-corrected chi connectivity index (χ4v) is 3.91. The van der Waals surface area contributed by atoms with Gasteiger partial charge >= 0.3 is 0 Å². The Balaban J connectivity index is 1.38. The first-order chi connectivity index (χ1) is 15.0. The predicted octanol–water partition coefficient (Wildman–Crippen LogP) is 3.48. The Morgan fingerprint density at radius 2 is 1.94 bits per heavy atom. The number of rotatable bonds is 7. The van der Waals surface area contributed by atoms with Crippen LogP contribution in [0, 0.1) is 5.92 Å². The lowest BCUT2D eigenvalue weighted by Gasteiger charge is -2.25. The molecular weight excluding hydrogens is 396 g/mol. The molecule has 1 fully saturated rings. The van der Waals surface area contributed by atoms with Crippen LogP contribution < -0.4 is 24.4 Å². The van der Waals surface area contributed by atoms with Gasteiger partial charge in [0.25, 0.3) is 5.91 Å². The molecule has 31 heavy (non-hydrogen) atoms. The highest BCUT2D eigenvalue weighted by Gasteiger charge is 2.23. The van der Waals surface area contributed by atoms with Gasteiger partial charge < -0.3 is 24.4 Å². The van der Waals surface area contributed by atoms with Crippen LogP contribution >= 0.6 is 0 Å². The third-order valence-corrected chi connectivity index (χ3v) is 5.48. The molecule has 1 N–H and O–H groups in total. The van der Waals surface area contributed by atoms with Crippen molar-refractivity contribution in [2.24, 2.45) is 5.92 Å². The first-order valence-electron chi connectivity index (χ1n) is 10.7. The molecule has 0 spiro atoms. The number of carbonyl (C=O) groups excluding carboxylic acids is 2. The van der Waals surface area contributed by atoms with Crippen LogP contribution in [0.25, 0.3) is 0 Å². The van der Waals surface area contributed by atoms with Crippen molar-refractivity contribution < 1.29 is 23.8 Å². The van der Waals surface area contributed by atoms with Gasteiger partial charge in [0.05, 0.1) is 6.04 Å². The Kier molecular flexibility index (Phi) is 6.30. The molecule has 2 aliphatic heterocycles. The maximum absolute atomic E-state index is 12.6. The summed E-state index contributed by atoms with van der Waals surface area (Å²) < 4.78 is 17.0. The van der Waals surface area contributed by atoms with E-state index in [-0.39, 0.29) is 30.4 Å². The van der Waals surface area contributed by atoms with Crippen LogP contribution in [0.2, 0.25) is 0 Å². The molecular formula is C24H28N2O5. The Morgan fingerprint density at radius 3 is 2.68 bits per heavy atom. The Labute approximate surface area is 182 Å². The van der Waals surface area contributed by atoms with Crippen molar-refractivity contribution in [2.75, 3.05) is 31.3 Å². The van der Waals surface area contributed by atoms with Crippen molar-refractivity contribution in [3.8, 4) is 17.2 Å². The number of hydrogen-bond acceptors (Lipinski definition) is 5. The van der Waals surface area contributed by atoms with Gasteiger partial charge in [-0.05, 0) is 42.2 Å². The van der Waals surface area contributed by atoms with Crippen molar-refractivity contribution >= 4 is 17.5 Å². The highest BCUT2D eigenvalue weighted by atomic mass is 16.6. The summed E-state index contributed by atoms with van der Waals surface area (Å²) in [6, 6.07) is 12.9. The summed E-state index contributed by atoms with van der Waals surface area (Å²) in [5.41, 5.74) is 1.76. The van der Waals surface area contributed by atoms with Crippen molar-refractivity contribution in [2.45, 2.75) is 32.7 Å². The molecule has 2 aromatic carbocycles. The first-order valence-corrected chi connectivity index (χ1v) is 10.7. The lowest BCUT2D eigenvalue weighted by molar-refractivity contribution is -0.124. The van der Waals surface area contributed by atoms with E-state index < -0.39 is 0 Å². The highest BCUT2D eigenvalue weighted by Crippen LogP contribution is 2.34. The van der Waals surface area contributed by atoms with Gasteiger partial charge in [-0.3, -0.25) is 9.59 Å². The zero-order valence-electron chi connectivity index (χ0n) is 17.9. The maximum Gasteiger partial charge on any atom is 0.258 e. The first kappa shape index (κ1) is 21.0. The number of carbonyl (C=O) groups is 2. The minimum atomic E-state index is -0.212. The molecule has 0 aromatic heterocycles. The van der Waals surface area contributed by atoms with Crippen LogP contribution in [0.4, 0.5) is 5.69 Å². The Hall–Kier alpha value is -3.22. The van der Waals surface area contributed by atoms with Gasteiger partial charge in [-0.25, -0.2) is 0 Å². The molecule has 4 rings (SSSR count). The lowest BCUT2D eigenvalue weighted by atomic mass is 9.95. The van der Waals surface area contributed by atoms with Gasteiger partial charge in [0, 0.05) is 24.7 Å². The van der Waals surface area contributed by atoms with E-state index in [1.54, 1.807) is 17.0 Å². The number of anilines is 1. The number of amides is 2. The number of ether oxygens (including phenoxy) is 3. The molecule has 0 unspecified atom stereocenters. The lowest BCUT2D eigenvalue weighted by Crippen LogP contribution is -2.35. The molecule has 0 aliphatic carbocycles. The second kappa shape index (κ2) is 9.29. The number of nitrogens with zero attached hydrogens (tertiary/aromatic N) is 1. The molecule has 0 radical (unpaired) electrons. The van der Waals surface area contributed by atoms with Crippen LogP contribution in [0.3, 0.4) is 0 Å². The number of hydrogen-bond donors (Lipinski definition) is 1. The molecule has 2 aromatic rings. The SMILES string of the molecule is CC(C)[C@@H](NC(=O)COc1cccc(N2CCCC2=O)c1)c1ccc2c(c1)OCCO2. The minimum Gasteiger partial charge on any atom is -0.486 e. The maximum atomic E-state index is 12.6. The smallest absolute Gasteiger partial charge is 0.258 e. The summed E-state index contributed by atoms with van der Waals surface area (Å²) in [6.07, 6.45) is 1.44. The van der Waals surface area contributed by atoms with Gasteiger partial charge in [-0.2, -0.15) is 0 Å². The Morgan fingerprint density at radius 1 is 1.13 bits per heavy atom. The molecule has 0 bridgehead atoms. The van der Waals surface area contributed by atoms with Crippen molar-refractivity contribution in [3.05, 3.63) is 48.0 Å². The van der Waals surface area contributed by atoms with E-state index in [0.717, 1.165) is 23.4 Å². The summed E-state index contributed by atoms with van der Waals surface area (Å²) in [5.74, 6) is 2.07. The van der Waals surface area contributed by atoms with Crippen LogP contribution in [-0.4, -0.2) is 38.2 Å². The molecule has 1 atom stereocenters. The Bertz CT molecular complexity index is 959. The standard InChI is InChI=1S/C24H28N2O5/c1-16(2)24(17-8-9-20-21(13-17)30-12-11-29-20)25-22(27)15-31-19-6-3-5-18(14-19)26-10-4-7-23(26)28/h3,5-6,8-9,13-14,16,24H,4,7,10-12,15H2,1-2H3,(H,25,27)/t24-/m1/s1. The third-order valence-electron chi connectivity index (χ3n) is 5.48. The van der Waals surface area contributed by atoms with Crippen LogP contribution in [0.15, 0.2) is 42.5 Å². The quantitative estimate of drug-likeness (QED) is 0.736. The largest absolute Gasteiger partial charge is 0.486 e. The molecule has 0 saturated carbocycles. The summed E-state index contributed by atoms with van der Waals surface area (Å²) >= 11 is 0. The normalized spacial score (nSPS) is 16.4. The second-order valence-electron chi connectivity index (χ2n) is 8.13. The third kappa shape index (κ3) is 4.93. The molecule has 164 valence electrons. The van der Waals surface area contributed by atoms with Gasteiger partial charge in [-0.1, -0.05) is 26.0 Å². The fourth-order valence-electron chi connectivity index (χ4n) is 3.91. The monoisotopic (exact) mass is 424 g/mol. The summed E-state index contributed by atoms with van der Waals surface area (Å²) in [4.78, 5) is 26.3. The van der Waals surface area contributed by atoms with Crippen molar-refractivity contribution in [3.63, 3.8) is 0 Å². The summed E-state index contributed by atoms with van der Waals surface area (Å²) in [6.45, 7) is 5.78. The van der Waals surface area contributed by atoms with Gasteiger partial charge in [0.15, 0.2) is 18.1 Å². The van der Waals surface area contributed by atoms with E-state index in [1.807, 2.05) is 30.3 Å². The van der Waals surface area contributed by atoms with E-state index in [2.05, 4.69) is 19.2 Å². The van der Waals surface area contributed by atoms with E-state index in [9.17, 15) is 9.59 Å². The van der Waals surface area contributed by atoms with Crippen molar-refractivity contribution in [1.29, 1.82) is 0 Å². The molecule has 2 aliphatic rings. The van der Waals surface area contributed by atoms with E-state index in [1.165, 1.54) is 0 Å².